The zero-order valence-electron chi connectivity index (χ0n) is 14.1. The van der Waals surface area contributed by atoms with Crippen molar-refractivity contribution in [3.05, 3.63) is 65.7 Å². The molecule has 0 radical (unpaired) electrons. The van der Waals surface area contributed by atoms with Gasteiger partial charge in [0.2, 0.25) is 5.91 Å². The minimum absolute atomic E-state index is 0.0351. The molecular weight excluding hydrogens is 334 g/mol. The van der Waals surface area contributed by atoms with Crippen molar-refractivity contribution in [2.45, 2.75) is 18.6 Å². The van der Waals surface area contributed by atoms with Crippen LogP contribution in [-0.2, 0) is 11.2 Å². The van der Waals surface area contributed by atoms with Crippen molar-refractivity contribution >= 4 is 28.5 Å². The lowest BCUT2D eigenvalue weighted by molar-refractivity contribution is -0.118. The van der Waals surface area contributed by atoms with E-state index in [-0.39, 0.29) is 11.2 Å². The summed E-state index contributed by atoms with van der Waals surface area (Å²) < 4.78 is 5.15. The summed E-state index contributed by atoms with van der Waals surface area (Å²) in [6.45, 7) is 1.90. The van der Waals surface area contributed by atoms with Gasteiger partial charge < -0.3 is 10.1 Å². The summed E-state index contributed by atoms with van der Waals surface area (Å²) in [4.78, 5) is 12.1. The van der Waals surface area contributed by atoms with Crippen molar-refractivity contribution in [3.8, 4) is 5.75 Å². The first kappa shape index (κ1) is 17.2. The Bertz CT molecular complexity index is 801. The van der Waals surface area contributed by atoms with Gasteiger partial charge in [-0.3, -0.25) is 4.79 Å². The Hall–Kier alpha value is -2.60. The molecule has 1 amide bonds. The topological polar surface area (TPSA) is 63.1 Å². The van der Waals surface area contributed by atoms with Crippen LogP contribution in [-0.4, -0.2) is 29.1 Å². The van der Waals surface area contributed by atoms with Crippen molar-refractivity contribution in [3.63, 3.8) is 0 Å². The van der Waals surface area contributed by atoms with Gasteiger partial charge in [0.1, 0.15) is 5.75 Å². The van der Waals surface area contributed by atoms with Crippen molar-refractivity contribution in [1.29, 1.82) is 0 Å². The molecule has 1 N–H and O–H groups in total. The second kappa shape index (κ2) is 7.98. The molecule has 1 fully saturated rings. The third kappa shape index (κ3) is 4.48. The highest BCUT2D eigenvalue weighted by molar-refractivity contribution is 8.15. The lowest BCUT2D eigenvalue weighted by Gasteiger charge is -2.06. The minimum Gasteiger partial charge on any atom is -0.497 e. The third-order valence-corrected chi connectivity index (χ3v) is 4.91. The number of thioether (sulfide) groups is 1. The molecule has 5 nitrogen and oxygen atoms in total. The van der Waals surface area contributed by atoms with Gasteiger partial charge in [0.05, 0.1) is 18.1 Å². The van der Waals surface area contributed by atoms with Crippen LogP contribution in [0.2, 0.25) is 0 Å². The molecule has 1 aliphatic rings. The summed E-state index contributed by atoms with van der Waals surface area (Å²) >= 11 is 1.41. The average molecular weight is 353 g/mol. The quantitative estimate of drug-likeness (QED) is 0.663. The van der Waals surface area contributed by atoms with E-state index in [1.807, 2.05) is 61.5 Å². The second-order valence-electron chi connectivity index (χ2n) is 5.60. The van der Waals surface area contributed by atoms with Crippen LogP contribution in [0, 0.1) is 0 Å². The summed E-state index contributed by atoms with van der Waals surface area (Å²) in [6, 6.07) is 17.6. The molecule has 128 valence electrons. The monoisotopic (exact) mass is 353 g/mol. The summed E-state index contributed by atoms with van der Waals surface area (Å²) in [7, 11) is 1.63. The van der Waals surface area contributed by atoms with E-state index < -0.39 is 0 Å². The molecule has 3 rings (SSSR count). The van der Waals surface area contributed by atoms with E-state index >= 15 is 0 Å². The molecule has 25 heavy (non-hydrogen) atoms. The number of hydrogen-bond donors (Lipinski definition) is 1. The van der Waals surface area contributed by atoms with E-state index in [4.69, 9.17) is 4.74 Å². The van der Waals surface area contributed by atoms with Crippen molar-refractivity contribution < 1.29 is 9.53 Å². The van der Waals surface area contributed by atoms with Crippen LogP contribution in [0.1, 0.15) is 18.1 Å². The van der Waals surface area contributed by atoms with Crippen LogP contribution in [0.25, 0.3) is 0 Å². The summed E-state index contributed by atoms with van der Waals surface area (Å²) in [6.07, 6.45) is 0.640. The maximum absolute atomic E-state index is 12.1. The molecule has 1 aliphatic heterocycles. The van der Waals surface area contributed by atoms with Gasteiger partial charge in [0.25, 0.3) is 0 Å². The largest absolute Gasteiger partial charge is 0.497 e. The number of nitrogens with one attached hydrogen (secondary N) is 1. The number of nitrogens with zero attached hydrogens (tertiary/aromatic N) is 2. The summed E-state index contributed by atoms with van der Waals surface area (Å²) in [5.41, 5.74) is 2.90. The zero-order chi connectivity index (χ0) is 17.6. The first-order chi connectivity index (χ1) is 12.2. The van der Waals surface area contributed by atoms with Gasteiger partial charge in [0.15, 0.2) is 5.17 Å². The molecule has 0 unspecified atom stereocenters. The number of amides is 1. The van der Waals surface area contributed by atoms with Crippen molar-refractivity contribution in [2.24, 2.45) is 10.2 Å². The van der Waals surface area contributed by atoms with E-state index in [0.717, 1.165) is 22.6 Å². The van der Waals surface area contributed by atoms with Gasteiger partial charge in [-0.2, -0.15) is 5.10 Å². The molecule has 0 bridgehead atoms. The van der Waals surface area contributed by atoms with Crippen LogP contribution in [0.4, 0.5) is 0 Å². The number of carbonyl (C=O) groups is 1. The second-order valence-corrected chi connectivity index (χ2v) is 6.80. The molecular formula is C19H19N3O2S. The fourth-order valence-electron chi connectivity index (χ4n) is 2.42. The minimum atomic E-state index is -0.195. The Kier molecular flexibility index (Phi) is 5.50. The predicted molar refractivity (Wildman–Crippen MR) is 102 cm³/mol. The summed E-state index contributed by atoms with van der Waals surface area (Å²) in [5.74, 6) is 0.771. The smallest absolute Gasteiger partial charge is 0.239 e. The number of rotatable bonds is 5. The highest BCUT2D eigenvalue weighted by atomic mass is 32.2. The Labute approximate surface area is 151 Å². The maximum atomic E-state index is 12.1. The number of ether oxygens (including phenoxy) is 1. The fraction of sp³-hybridized carbons (Fsp3) is 0.211. The molecule has 0 aliphatic carbocycles. The number of amidine groups is 1. The number of benzene rings is 2. The van der Waals surface area contributed by atoms with Gasteiger partial charge in [0, 0.05) is 0 Å². The molecule has 0 spiro atoms. The highest BCUT2D eigenvalue weighted by Gasteiger charge is 2.30. The van der Waals surface area contributed by atoms with Crippen LogP contribution in [0.3, 0.4) is 0 Å². The normalized spacial score (nSPS) is 19.1. The van der Waals surface area contributed by atoms with Gasteiger partial charge in [-0.1, -0.05) is 54.2 Å². The number of carbonyl (C=O) groups excluding carboxylic acids is 1. The van der Waals surface area contributed by atoms with E-state index in [1.54, 1.807) is 7.11 Å². The average Bonchev–Trinajstić information content (AvgIpc) is 3.00. The molecule has 0 aromatic heterocycles. The van der Waals surface area contributed by atoms with Gasteiger partial charge in [-0.25, -0.2) is 0 Å². The molecule has 2 aromatic rings. The number of hydrogen-bond acceptors (Lipinski definition) is 5. The molecule has 0 saturated carbocycles. The van der Waals surface area contributed by atoms with Gasteiger partial charge in [-0.15, -0.1) is 5.10 Å². The van der Waals surface area contributed by atoms with E-state index in [1.165, 1.54) is 11.8 Å². The zero-order valence-corrected chi connectivity index (χ0v) is 14.9. The molecule has 1 saturated heterocycles. The van der Waals surface area contributed by atoms with Crippen LogP contribution in [0.15, 0.2) is 64.8 Å². The van der Waals surface area contributed by atoms with E-state index in [0.29, 0.717) is 11.6 Å². The third-order valence-electron chi connectivity index (χ3n) is 3.84. The Morgan fingerprint density at radius 1 is 1.16 bits per heavy atom. The van der Waals surface area contributed by atoms with Gasteiger partial charge in [-0.05, 0) is 36.6 Å². The first-order valence-corrected chi connectivity index (χ1v) is 8.82. The van der Waals surface area contributed by atoms with E-state index in [2.05, 4.69) is 15.5 Å². The van der Waals surface area contributed by atoms with E-state index in [9.17, 15) is 4.79 Å². The SMILES string of the molecule is COc1ccc(C[C@@H]2S/C(=N/N=C(/C)c3ccccc3)NC2=O)cc1. The van der Waals surface area contributed by atoms with Crippen LogP contribution in [0.5, 0.6) is 5.75 Å². The standard InChI is InChI=1S/C19H19N3O2S/c1-13(15-6-4-3-5-7-15)21-22-19-20-18(23)17(25-19)12-14-8-10-16(24-2)11-9-14/h3-11,17H,12H2,1-2H3,(H,20,22,23)/b21-13-/t17-/m0/s1. The Morgan fingerprint density at radius 3 is 2.56 bits per heavy atom. The predicted octanol–water partition coefficient (Wildman–Crippen LogP) is 3.25. The fourth-order valence-corrected chi connectivity index (χ4v) is 3.38. The summed E-state index contributed by atoms with van der Waals surface area (Å²) in [5, 5.41) is 11.6. The Balaban J connectivity index is 1.65. The van der Waals surface area contributed by atoms with Crippen LogP contribution >= 0.6 is 11.8 Å². The maximum Gasteiger partial charge on any atom is 0.239 e. The lowest BCUT2D eigenvalue weighted by atomic mass is 10.1. The highest BCUT2D eigenvalue weighted by Crippen LogP contribution is 2.24. The molecule has 1 atom stereocenters. The molecule has 1 heterocycles. The Morgan fingerprint density at radius 2 is 1.88 bits per heavy atom. The van der Waals surface area contributed by atoms with Crippen molar-refractivity contribution in [1.82, 2.24) is 5.32 Å². The van der Waals surface area contributed by atoms with Crippen molar-refractivity contribution in [2.75, 3.05) is 7.11 Å². The number of methoxy groups -OCH3 is 1. The molecule has 6 heteroatoms. The van der Waals surface area contributed by atoms with Gasteiger partial charge >= 0.3 is 0 Å². The first-order valence-electron chi connectivity index (χ1n) is 7.94. The lowest BCUT2D eigenvalue weighted by Crippen LogP contribution is -2.25. The van der Waals surface area contributed by atoms with Crippen LogP contribution < -0.4 is 10.1 Å². The molecule has 2 aromatic carbocycles.